The number of H-pyrrole nitrogens is 1. The summed E-state index contributed by atoms with van der Waals surface area (Å²) in [7, 11) is 0. The molecule has 0 aliphatic rings. The second-order valence-electron chi connectivity index (χ2n) is 6.51. The number of imidazole rings is 1. The van der Waals surface area contributed by atoms with Gasteiger partial charge in [0.05, 0.1) is 40.1 Å². The Bertz CT molecular complexity index is 1400. The molecule has 0 atom stereocenters. The van der Waals surface area contributed by atoms with Gasteiger partial charge < -0.3 is 10.3 Å². The molecular formula is C22H13BrN6. The van der Waals surface area contributed by atoms with Gasteiger partial charge in [-0.15, -0.1) is 0 Å². The number of aromatic nitrogens is 4. The topological polar surface area (TPSA) is 90.3 Å². The van der Waals surface area contributed by atoms with Gasteiger partial charge in [-0.3, -0.25) is 9.97 Å². The van der Waals surface area contributed by atoms with Crippen molar-refractivity contribution in [2.24, 2.45) is 0 Å². The maximum Gasteiger partial charge on any atom is 0.157 e. The summed E-state index contributed by atoms with van der Waals surface area (Å²) in [5.74, 6) is 0.720. The van der Waals surface area contributed by atoms with Gasteiger partial charge >= 0.3 is 0 Å². The van der Waals surface area contributed by atoms with Crippen LogP contribution >= 0.6 is 15.9 Å². The molecule has 3 aromatic heterocycles. The fourth-order valence-corrected chi connectivity index (χ4v) is 3.54. The largest absolute Gasteiger partial charge is 0.354 e. The first-order chi connectivity index (χ1) is 14.2. The van der Waals surface area contributed by atoms with Gasteiger partial charge in [0.2, 0.25) is 0 Å². The lowest BCUT2D eigenvalue weighted by molar-refractivity contribution is 1.24. The SMILES string of the molecule is N#Cc1ccc2nccc(Nc3ccc(-c4nc5cc(Br)ccc5[nH]4)nc3)c2c1. The van der Waals surface area contributed by atoms with Gasteiger partial charge in [0.1, 0.15) is 5.69 Å². The molecule has 7 heteroatoms. The summed E-state index contributed by atoms with van der Waals surface area (Å²) in [6.07, 6.45) is 3.50. The van der Waals surface area contributed by atoms with Crippen molar-refractivity contribution in [3.63, 3.8) is 0 Å². The van der Waals surface area contributed by atoms with Crippen molar-refractivity contribution in [3.8, 4) is 17.6 Å². The van der Waals surface area contributed by atoms with Gasteiger partial charge in [-0.2, -0.15) is 5.26 Å². The number of anilines is 2. The molecule has 5 aromatic rings. The van der Waals surface area contributed by atoms with Crippen molar-refractivity contribution < 1.29 is 0 Å². The third-order valence-electron chi connectivity index (χ3n) is 4.60. The third-order valence-corrected chi connectivity index (χ3v) is 5.09. The number of nitriles is 1. The van der Waals surface area contributed by atoms with E-state index in [1.807, 2.05) is 48.5 Å². The fourth-order valence-electron chi connectivity index (χ4n) is 3.19. The number of halogens is 1. The minimum Gasteiger partial charge on any atom is -0.354 e. The molecular weight excluding hydrogens is 428 g/mol. The number of nitrogens with zero attached hydrogens (tertiary/aromatic N) is 4. The van der Waals surface area contributed by atoms with E-state index in [9.17, 15) is 5.26 Å². The molecule has 0 fully saturated rings. The summed E-state index contributed by atoms with van der Waals surface area (Å²) in [5, 5.41) is 13.4. The van der Waals surface area contributed by atoms with Crippen molar-refractivity contribution in [1.82, 2.24) is 19.9 Å². The standard InChI is InChI=1S/C22H13BrN6/c23-14-2-5-19-21(10-14)29-22(28-19)20-6-3-15(12-26-20)27-18-7-8-25-17-4-1-13(11-24)9-16(17)18/h1-10,12H,(H,25,27)(H,28,29). The van der Waals surface area contributed by atoms with Crippen molar-refractivity contribution >= 4 is 49.2 Å². The first-order valence-electron chi connectivity index (χ1n) is 8.87. The smallest absolute Gasteiger partial charge is 0.157 e. The molecule has 0 saturated heterocycles. The van der Waals surface area contributed by atoms with Crippen LogP contribution in [-0.4, -0.2) is 19.9 Å². The minimum absolute atomic E-state index is 0.596. The van der Waals surface area contributed by atoms with Crippen molar-refractivity contribution in [1.29, 1.82) is 5.26 Å². The summed E-state index contributed by atoms with van der Waals surface area (Å²) in [5.41, 5.74) is 5.73. The summed E-state index contributed by atoms with van der Waals surface area (Å²) in [6, 6.07) is 19.3. The lowest BCUT2D eigenvalue weighted by Gasteiger charge is -2.09. The lowest BCUT2D eigenvalue weighted by atomic mass is 10.1. The highest BCUT2D eigenvalue weighted by Gasteiger charge is 2.08. The first kappa shape index (κ1) is 17.3. The highest BCUT2D eigenvalue weighted by atomic mass is 79.9. The van der Waals surface area contributed by atoms with Gasteiger partial charge in [0.15, 0.2) is 5.82 Å². The van der Waals surface area contributed by atoms with Crippen molar-refractivity contribution in [2.75, 3.05) is 5.32 Å². The zero-order valence-electron chi connectivity index (χ0n) is 15.0. The van der Waals surface area contributed by atoms with E-state index in [4.69, 9.17) is 0 Å². The number of fused-ring (bicyclic) bond motifs is 2. The number of pyridine rings is 2. The predicted molar refractivity (Wildman–Crippen MR) is 117 cm³/mol. The minimum atomic E-state index is 0.596. The second kappa shape index (κ2) is 7.00. The Balaban J connectivity index is 1.46. The summed E-state index contributed by atoms with van der Waals surface area (Å²) >= 11 is 3.47. The van der Waals surface area contributed by atoms with Crippen molar-refractivity contribution in [2.45, 2.75) is 0 Å². The average Bonchev–Trinajstić information content (AvgIpc) is 3.17. The van der Waals surface area contributed by atoms with E-state index < -0.39 is 0 Å². The molecule has 0 aliphatic carbocycles. The van der Waals surface area contributed by atoms with Gasteiger partial charge in [0.25, 0.3) is 0 Å². The van der Waals surface area contributed by atoms with Gasteiger partial charge in [0, 0.05) is 21.7 Å². The zero-order chi connectivity index (χ0) is 19.8. The molecule has 0 saturated carbocycles. The Morgan fingerprint density at radius 1 is 0.966 bits per heavy atom. The van der Waals surface area contributed by atoms with Crippen LogP contribution in [0.1, 0.15) is 5.56 Å². The molecule has 0 radical (unpaired) electrons. The average molecular weight is 441 g/mol. The Labute approximate surface area is 174 Å². The number of nitrogens with one attached hydrogen (secondary N) is 2. The highest BCUT2D eigenvalue weighted by Crippen LogP contribution is 2.27. The van der Waals surface area contributed by atoms with Crippen LogP contribution in [-0.2, 0) is 0 Å². The van der Waals surface area contributed by atoms with Crippen LogP contribution in [0.25, 0.3) is 33.5 Å². The second-order valence-corrected chi connectivity index (χ2v) is 7.42. The Morgan fingerprint density at radius 3 is 2.72 bits per heavy atom. The normalized spacial score (nSPS) is 10.9. The fraction of sp³-hybridized carbons (Fsp3) is 0. The molecule has 29 heavy (non-hydrogen) atoms. The number of hydrogen-bond acceptors (Lipinski definition) is 5. The monoisotopic (exact) mass is 440 g/mol. The van der Waals surface area contributed by atoms with E-state index >= 15 is 0 Å². The molecule has 0 bridgehead atoms. The van der Waals surface area contributed by atoms with Crippen LogP contribution in [0.2, 0.25) is 0 Å². The Kier molecular flexibility index (Phi) is 4.19. The molecule has 0 aliphatic heterocycles. The lowest BCUT2D eigenvalue weighted by Crippen LogP contribution is -1.95. The Hall–Kier alpha value is -3.76. The molecule has 0 spiro atoms. The molecule has 6 nitrogen and oxygen atoms in total. The van der Waals surface area contributed by atoms with E-state index in [0.717, 1.165) is 49.3 Å². The Morgan fingerprint density at radius 2 is 1.90 bits per heavy atom. The van der Waals surface area contributed by atoms with Gasteiger partial charge in [-0.1, -0.05) is 15.9 Å². The maximum atomic E-state index is 9.17. The van der Waals surface area contributed by atoms with Crippen molar-refractivity contribution in [3.05, 3.63) is 77.0 Å². The maximum absolute atomic E-state index is 9.17. The van der Waals surface area contributed by atoms with Crippen LogP contribution in [0.3, 0.4) is 0 Å². The van der Waals surface area contributed by atoms with Crippen LogP contribution in [0.15, 0.2) is 71.5 Å². The predicted octanol–water partition coefficient (Wildman–Crippen LogP) is 5.55. The van der Waals surface area contributed by atoms with E-state index in [1.165, 1.54) is 0 Å². The highest BCUT2D eigenvalue weighted by molar-refractivity contribution is 9.10. The number of aromatic amines is 1. The molecule has 5 rings (SSSR count). The van der Waals surface area contributed by atoms with E-state index in [2.05, 4.69) is 47.3 Å². The van der Waals surface area contributed by atoms with E-state index in [0.29, 0.717) is 5.56 Å². The molecule has 0 amide bonds. The van der Waals surface area contributed by atoms with Crippen LogP contribution in [0.5, 0.6) is 0 Å². The number of benzene rings is 2. The molecule has 138 valence electrons. The molecule has 0 unspecified atom stereocenters. The number of hydrogen-bond donors (Lipinski definition) is 2. The summed E-state index contributed by atoms with van der Waals surface area (Å²) < 4.78 is 0.986. The zero-order valence-corrected chi connectivity index (χ0v) is 16.6. The van der Waals surface area contributed by atoms with Crippen LogP contribution in [0, 0.1) is 11.3 Å². The van der Waals surface area contributed by atoms with Crippen LogP contribution < -0.4 is 5.32 Å². The summed E-state index contributed by atoms with van der Waals surface area (Å²) in [4.78, 5) is 16.8. The number of rotatable bonds is 3. The van der Waals surface area contributed by atoms with Gasteiger partial charge in [-0.05, 0) is 54.6 Å². The first-order valence-corrected chi connectivity index (χ1v) is 9.66. The molecule has 3 heterocycles. The van der Waals surface area contributed by atoms with E-state index in [1.54, 1.807) is 18.5 Å². The third kappa shape index (κ3) is 3.30. The van der Waals surface area contributed by atoms with Crippen LogP contribution in [0.4, 0.5) is 11.4 Å². The van der Waals surface area contributed by atoms with Gasteiger partial charge in [-0.25, -0.2) is 4.98 Å². The summed E-state index contributed by atoms with van der Waals surface area (Å²) in [6.45, 7) is 0. The van der Waals surface area contributed by atoms with E-state index in [-0.39, 0.29) is 0 Å². The molecule has 2 aromatic carbocycles. The quantitative estimate of drug-likeness (QED) is 0.383. The molecule has 2 N–H and O–H groups in total.